The van der Waals surface area contributed by atoms with Gasteiger partial charge in [0.1, 0.15) is 11.1 Å². The van der Waals surface area contributed by atoms with Crippen LogP contribution in [0.3, 0.4) is 0 Å². The van der Waals surface area contributed by atoms with E-state index in [-0.39, 0.29) is 35.6 Å². The van der Waals surface area contributed by atoms with Crippen LogP contribution in [0.4, 0.5) is 5.13 Å². The molecule has 5 rings (SSSR count). The summed E-state index contributed by atoms with van der Waals surface area (Å²) in [5.74, 6) is 0.432. The van der Waals surface area contributed by atoms with Gasteiger partial charge in [0.05, 0.1) is 37.9 Å². The first-order valence-electron chi connectivity index (χ1n) is 10.8. The number of amides is 1. The number of methoxy groups -OCH3 is 3. The predicted molar refractivity (Wildman–Crippen MR) is 119 cm³/mol. The molecule has 0 saturated heterocycles. The lowest BCUT2D eigenvalue weighted by atomic mass is 9.76. The number of fused-ring (bicyclic) bond motifs is 1. The average Bonchev–Trinajstić information content (AvgIpc) is 3.39. The topological polar surface area (TPSA) is 100 Å². The van der Waals surface area contributed by atoms with Crippen LogP contribution in [-0.2, 0) is 19.1 Å². The van der Waals surface area contributed by atoms with E-state index in [1.807, 2.05) is 13.0 Å². The van der Waals surface area contributed by atoms with Crippen LogP contribution in [0, 0.1) is 12.8 Å². The number of nitrogens with zero attached hydrogens (tertiary/aromatic N) is 3. The average molecular weight is 472 g/mol. The number of rotatable bonds is 5. The third-order valence-corrected chi connectivity index (χ3v) is 7.42. The lowest BCUT2D eigenvalue weighted by Crippen LogP contribution is -2.43. The lowest BCUT2D eigenvalue weighted by molar-refractivity contribution is -0.135. The smallest absolute Gasteiger partial charge is 0.296 e. The van der Waals surface area contributed by atoms with Crippen molar-refractivity contribution in [2.45, 2.75) is 44.4 Å². The lowest BCUT2D eigenvalue weighted by Gasteiger charge is -2.38. The molecule has 1 amide bonds. The highest BCUT2D eigenvalue weighted by atomic mass is 32.1. The summed E-state index contributed by atoms with van der Waals surface area (Å²) in [6.07, 6.45) is 1.66. The first-order valence-corrected chi connectivity index (χ1v) is 11.6. The Morgan fingerprint density at radius 2 is 1.88 bits per heavy atom. The maximum atomic E-state index is 13.8. The normalized spacial score (nSPS) is 26.7. The number of ether oxygens (including phenoxy) is 4. The zero-order valence-electron chi connectivity index (χ0n) is 18.9. The Labute approximate surface area is 195 Å². The highest BCUT2D eigenvalue weighted by Crippen LogP contribution is 2.49. The monoisotopic (exact) mass is 471 g/mol. The number of carbonyl (C=O) groups is 2. The van der Waals surface area contributed by atoms with Gasteiger partial charge >= 0.3 is 0 Å². The van der Waals surface area contributed by atoms with Gasteiger partial charge in [0.2, 0.25) is 5.13 Å². The van der Waals surface area contributed by atoms with E-state index in [1.54, 1.807) is 33.5 Å². The highest BCUT2D eigenvalue weighted by molar-refractivity contribution is 7.15. The van der Waals surface area contributed by atoms with Gasteiger partial charge in [-0.05, 0) is 37.5 Å². The fourth-order valence-electron chi connectivity index (χ4n) is 4.96. The van der Waals surface area contributed by atoms with E-state index in [9.17, 15) is 9.59 Å². The van der Waals surface area contributed by atoms with Crippen molar-refractivity contribution >= 4 is 28.2 Å². The van der Waals surface area contributed by atoms with E-state index in [0.29, 0.717) is 40.6 Å². The Balaban J connectivity index is 1.63. The van der Waals surface area contributed by atoms with Gasteiger partial charge in [0.25, 0.3) is 5.91 Å². The fourth-order valence-corrected chi connectivity index (χ4v) is 5.68. The van der Waals surface area contributed by atoms with Crippen molar-refractivity contribution < 1.29 is 28.5 Å². The van der Waals surface area contributed by atoms with Crippen molar-refractivity contribution in [3.05, 3.63) is 40.1 Å². The molecule has 2 aromatic rings. The van der Waals surface area contributed by atoms with Crippen LogP contribution in [-0.4, -0.2) is 55.4 Å². The molecule has 3 heterocycles. The molecule has 1 fully saturated rings. The molecule has 1 saturated carbocycles. The number of aromatic nitrogens is 2. The molecule has 9 nitrogen and oxygen atoms in total. The Kier molecular flexibility index (Phi) is 5.57. The van der Waals surface area contributed by atoms with Crippen LogP contribution >= 0.6 is 11.3 Å². The number of ketones is 1. The molecule has 3 aliphatic rings. The Hall–Kier alpha value is -2.98. The SMILES string of the molecule is COc1ccc(C2C3=C(OC4CC(OC)CCC4C3=O)C(=O)N2c2nnc(C)s2)cc1OC. The van der Waals surface area contributed by atoms with Crippen LogP contribution in [0.25, 0.3) is 0 Å². The first-order chi connectivity index (χ1) is 16.0. The quantitative estimate of drug-likeness (QED) is 0.656. The van der Waals surface area contributed by atoms with Gasteiger partial charge in [0.15, 0.2) is 23.0 Å². The Morgan fingerprint density at radius 1 is 1.09 bits per heavy atom. The van der Waals surface area contributed by atoms with E-state index >= 15 is 0 Å². The standard InChI is InChI=1S/C23H25N3O6S/c1-11-24-25-23(33-11)26-19(12-5-8-15(30-3)17(9-12)31-4)18-20(27)14-7-6-13(29-2)10-16(14)32-21(18)22(26)28/h5,8-9,13-14,16,19H,6-7,10H2,1-4H3. The van der Waals surface area contributed by atoms with Crippen molar-refractivity contribution in [1.29, 1.82) is 0 Å². The van der Waals surface area contributed by atoms with Crippen LogP contribution in [0.1, 0.15) is 35.9 Å². The summed E-state index contributed by atoms with van der Waals surface area (Å²) in [6.45, 7) is 1.82. The summed E-state index contributed by atoms with van der Waals surface area (Å²) >= 11 is 1.29. The molecular weight excluding hydrogens is 446 g/mol. The molecule has 33 heavy (non-hydrogen) atoms. The Bertz CT molecular complexity index is 1140. The zero-order valence-corrected chi connectivity index (χ0v) is 19.7. The molecule has 1 aliphatic carbocycles. The first kappa shape index (κ1) is 21.8. The van der Waals surface area contributed by atoms with Gasteiger partial charge in [-0.2, -0.15) is 0 Å². The van der Waals surface area contributed by atoms with E-state index in [0.717, 1.165) is 11.4 Å². The van der Waals surface area contributed by atoms with Crippen molar-refractivity contribution in [1.82, 2.24) is 10.2 Å². The van der Waals surface area contributed by atoms with Crippen molar-refractivity contribution in [3.8, 4) is 11.5 Å². The van der Waals surface area contributed by atoms with Gasteiger partial charge in [-0.3, -0.25) is 14.5 Å². The maximum Gasteiger partial charge on any atom is 0.296 e. The second kappa shape index (κ2) is 8.42. The number of aryl methyl sites for hydroxylation is 1. The predicted octanol–water partition coefficient (Wildman–Crippen LogP) is 2.99. The third kappa shape index (κ3) is 3.48. The minimum absolute atomic E-state index is 0.0151. The molecule has 0 spiro atoms. The van der Waals surface area contributed by atoms with Gasteiger partial charge in [0, 0.05) is 13.5 Å². The van der Waals surface area contributed by atoms with Gasteiger partial charge in [-0.15, -0.1) is 10.2 Å². The van der Waals surface area contributed by atoms with E-state index < -0.39 is 6.04 Å². The zero-order chi connectivity index (χ0) is 23.3. The van der Waals surface area contributed by atoms with Crippen molar-refractivity contribution in [2.24, 2.45) is 5.92 Å². The van der Waals surface area contributed by atoms with Gasteiger partial charge in [-0.25, -0.2) is 0 Å². The van der Waals surface area contributed by atoms with Gasteiger partial charge in [-0.1, -0.05) is 17.4 Å². The van der Waals surface area contributed by atoms with Crippen molar-refractivity contribution in [3.63, 3.8) is 0 Å². The minimum atomic E-state index is -0.687. The fraction of sp³-hybridized carbons (Fsp3) is 0.478. The van der Waals surface area contributed by atoms with Crippen LogP contribution < -0.4 is 14.4 Å². The summed E-state index contributed by atoms with van der Waals surface area (Å²) in [5, 5.41) is 9.42. The number of hydrogen-bond acceptors (Lipinski definition) is 9. The van der Waals surface area contributed by atoms with Crippen molar-refractivity contribution in [2.75, 3.05) is 26.2 Å². The largest absolute Gasteiger partial charge is 0.493 e. The molecule has 2 aliphatic heterocycles. The number of anilines is 1. The van der Waals surface area contributed by atoms with E-state index in [1.165, 1.54) is 16.2 Å². The highest BCUT2D eigenvalue weighted by Gasteiger charge is 2.54. The summed E-state index contributed by atoms with van der Waals surface area (Å²) in [7, 11) is 4.77. The molecule has 4 atom stereocenters. The molecule has 4 unspecified atom stereocenters. The van der Waals surface area contributed by atoms with E-state index in [4.69, 9.17) is 18.9 Å². The summed E-state index contributed by atoms with van der Waals surface area (Å²) in [5.41, 5.74) is 1.08. The molecule has 174 valence electrons. The second-order valence-corrected chi connectivity index (χ2v) is 9.50. The molecule has 10 heteroatoms. The Morgan fingerprint density at radius 3 is 2.55 bits per heavy atom. The summed E-state index contributed by atoms with van der Waals surface area (Å²) < 4.78 is 22.6. The molecule has 1 aromatic carbocycles. The van der Waals surface area contributed by atoms with Gasteiger partial charge < -0.3 is 18.9 Å². The summed E-state index contributed by atoms with van der Waals surface area (Å²) in [6, 6.07) is 4.70. The van der Waals surface area contributed by atoms with E-state index in [2.05, 4.69) is 10.2 Å². The number of Topliss-reactive ketones (excluding diaryl/α,β-unsaturated/α-hetero) is 1. The molecule has 0 N–H and O–H groups in total. The maximum absolute atomic E-state index is 13.8. The number of hydrogen-bond donors (Lipinski definition) is 0. The molecular formula is C23H25N3O6S. The third-order valence-electron chi connectivity index (χ3n) is 6.58. The van der Waals surface area contributed by atoms with Crippen LogP contribution in [0.2, 0.25) is 0 Å². The minimum Gasteiger partial charge on any atom is -0.493 e. The molecule has 1 aromatic heterocycles. The van der Waals surface area contributed by atoms with Crippen LogP contribution in [0.5, 0.6) is 11.5 Å². The number of benzene rings is 1. The second-order valence-electron chi connectivity index (χ2n) is 8.34. The molecule has 0 radical (unpaired) electrons. The number of carbonyl (C=O) groups excluding carboxylic acids is 2. The summed E-state index contributed by atoms with van der Waals surface area (Å²) in [4.78, 5) is 28.9. The van der Waals surface area contributed by atoms with Crippen LogP contribution in [0.15, 0.2) is 29.5 Å². The molecule has 0 bridgehead atoms.